The molecule has 190 valence electrons. The third-order valence-corrected chi connectivity index (χ3v) is 10.3. The maximum Gasteiger partial charge on any atom is 0.338 e. The Morgan fingerprint density at radius 2 is 1.92 bits per heavy atom. The average molecular weight is 527 g/mol. The van der Waals surface area contributed by atoms with Gasteiger partial charge in [0.25, 0.3) is 0 Å². The number of hydrogen-bond acceptors (Lipinski definition) is 8. The van der Waals surface area contributed by atoms with Crippen LogP contribution in [0.4, 0.5) is 5.13 Å². The number of likely N-dealkylation sites (tertiary alicyclic amines) is 1. The summed E-state index contributed by atoms with van der Waals surface area (Å²) in [5.74, 6) is -0.206. The van der Waals surface area contributed by atoms with Crippen molar-refractivity contribution in [3.05, 3.63) is 52.6 Å². The van der Waals surface area contributed by atoms with Gasteiger partial charge in [0, 0.05) is 25.2 Å². The fraction of sp³-hybridized carbons (Fsp3) is 0.462. The molecule has 1 spiro atoms. The predicted octanol–water partition coefficient (Wildman–Crippen LogP) is 3.46. The van der Waals surface area contributed by atoms with Crippen LogP contribution in [0.1, 0.15) is 46.3 Å². The van der Waals surface area contributed by atoms with E-state index in [2.05, 4.69) is 22.8 Å². The molecule has 36 heavy (non-hydrogen) atoms. The summed E-state index contributed by atoms with van der Waals surface area (Å²) in [6, 6.07) is 9.16. The van der Waals surface area contributed by atoms with E-state index in [0.29, 0.717) is 12.1 Å². The van der Waals surface area contributed by atoms with E-state index in [1.54, 1.807) is 17.4 Å². The molecule has 0 amide bonds. The molecule has 2 fully saturated rings. The van der Waals surface area contributed by atoms with Gasteiger partial charge in [0.15, 0.2) is 5.13 Å². The standard InChI is InChI=1S/C26H30N4O4S2/c1-17-18(5-6-19-20(17)15-34-24(19)31)7-11-29-12-8-26(9-13-29)10-14-30(16-26)25-28-23-21(35-25)3-2-4-22(23)36(27,32)33/h2-6H,7-16H2,1H3,(H2,27,32,33). The molecule has 3 aliphatic heterocycles. The Bertz CT molecular complexity index is 1460. The highest BCUT2D eigenvalue weighted by molar-refractivity contribution is 7.89. The molecule has 0 saturated carbocycles. The number of benzene rings is 2. The molecule has 0 atom stereocenters. The summed E-state index contributed by atoms with van der Waals surface area (Å²) < 4.78 is 30.0. The van der Waals surface area contributed by atoms with Gasteiger partial charge in [-0.1, -0.05) is 23.5 Å². The van der Waals surface area contributed by atoms with E-state index in [1.165, 1.54) is 17.2 Å². The van der Waals surface area contributed by atoms with E-state index in [1.807, 2.05) is 12.1 Å². The van der Waals surface area contributed by atoms with Crippen molar-refractivity contribution in [3.63, 3.8) is 0 Å². The summed E-state index contributed by atoms with van der Waals surface area (Å²) in [6.07, 6.45) is 4.42. The van der Waals surface area contributed by atoms with Crippen molar-refractivity contribution in [1.82, 2.24) is 9.88 Å². The quantitative estimate of drug-likeness (QED) is 0.508. The number of cyclic esters (lactones) is 1. The van der Waals surface area contributed by atoms with Gasteiger partial charge >= 0.3 is 5.97 Å². The molecule has 2 aromatic carbocycles. The number of primary sulfonamides is 1. The number of piperidine rings is 1. The van der Waals surface area contributed by atoms with Crippen LogP contribution >= 0.6 is 11.3 Å². The summed E-state index contributed by atoms with van der Waals surface area (Å²) in [4.78, 5) is 21.5. The van der Waals surface area contributed by atoms with Crippen molar-refractivity contribution in [2.45, 2.75) is 44.1 Å². The second kappa shape index (κ2) is 8.79. The fourth-order valence-corrected chi connectivity index (χ4v) is 7.76. The monoisotopic (exact) mass is 526 g/mol. The number of esters is 1. The van der Waals surface area contributed by atoms with Gasteiger partial charge in [-0.2, -0.15) is 0 Å². The molecule has 8 nitrogen and oxygen atoms in total. The van der Waals surface area contributed by atoms with Gasteiger partial charge < -0.3 is 14.5 Å². The lowest BCUT2D eigenvalue weighted by atomic mass is 9.77. The van der Waals surface area contributed by atoms with Crippen molar-refractivity contribution >= 4 is 42.7 Å². The van der Waals surface area contributed by atoms with Crippen LogP contribution in [0.25, 0.3) is 10.2 Å². The Labute approximate surface area is 215 Å². The van der Waals surface area contributed by atoms with Gasteiger partial charge in [0.05, 0.1) is 10.3 Å². The molecule has 2 N–H and O–H groups in total. The highest BCUT2D eigenvalue weighted by Crippen LogP contribution is 2.43. The minimum absolute atomic E-state index is 0.0995. The number of anilines is 1. The van der Waals surface area contributed by atoms with Crippen LogP contribution < -0.4 is 10.0 Å². The van der Waals surface area contributed by atoms with E-state index in [-0.39, 0.29) is 16.3 Å². The van der Waals surface area contributed by atoms with Crippen LogP contribution in [0, 0.1) is 12.3 Å². The normalized spacial score (nSPS) is 19.8. The number of para-hydroxylation sites is 1. The third-order valence-electron chi connectivity index (χ3n) is 8.28. The Morgan fingerprint density at radius 3 is 2.69 bits per heavy atom. The molecule has 0 radical (unpaired) electrons. The maximum atomic E-state index is 12.0. The minimum atomic E-state index is -3.81. The van der Waals surface area contributed by atoms with Crippen molar-refractivity contribution < 1.29 is 17.9 Å². The number of ether oxygens (including phenoxy) is 1. The lowest BCUT2D eigenvalue weighted by Crippen LogP contribution is -2.42. The molecule has 0 bridgehead atoms. The van der Waals surface area contributed by atoms with Gasteiger partial charge in [-0.3, -0.25) is 0 Å². The molecule has 0 aliphatic carbocycles. The average Bonchev–Trinajstić information content (AvgIpc) is 3.56. The molecule has 3 aliphatic rings. The first kappa shape index (κ1) is 23.8. The number of carbonyl (C=O) groups is 1. The summed E-state index contributed by atoms with van der Waals surface area (Å²) >= 11 is 1.54. The molecule has 0 unspecified atom stereocenters. The molecule has 10 heteroatoms. The van der Waals surface area contributed by atoms with Crippen LogP contribution in [0.3, 0.4) is 0 Å². The Balaban J connectivity index is 1.08. The largest absolute Gasteiger partial charge is 0.457 e. The molecule has 3 aromatic rings. The first-order valence-corrected chi connectivity index (χ1v) is 14.8. The van der Waals surface area contributed by atoms with Gasteiger partial charge in [-0.15, -0.1) is 0 Å². The number of rotatable bonds is 5. The van der Waals surface area contributed by atoms with Gasteiger partial charge in [0.2, 0.25) is 10.0 Å². The van der Waals surface area contributed by atoms with Crippen LogP contribution in [0.2, 0.25) is 0 Å². The zero-order chi connectivity index (χ0) is 25.1. The first-order valence-electron chi connectivity index (χ1n) is 12.4. The molecular weight excluding hydrogens is 496 g/mol. The number of thiazole rings is 1. The number of nitrogens with two attached hydrogens (primary N) is 1. The maximum absolute atomic E-state index is 12.0. The topological polar surface area (TPSA) is 106 Å². The van der Waals surface area contributed by atoms with Crippen LogP contribution in [0.5, 0.6) is 0 Å². The number of hydrogen-bond donors (Lipinski definition) is 1. The number of nitrogens with zero attached hydrogens (tertiary/aromatic N) is 3. The van der Waals surface area contributed by atoms with Crippen LogP contribution in [-0.4, -0.2) is 57.0 Å². The summed E-state index contributed by atoms with van der Waals surface area (Å²) in [7, 11) is -3.81. The first-order chi connectivity index (χ1) is 17.2. The molecule has 2 saturated heterocycles. The molecule has 6 rings (SSSR count). The third kappa shape index (κ3) is 4.19. The van der Waals surface area contributed by atoms with E-state index < -0.39 is 10.0 Å². The number of fused-ring (bicyclic) bond motifs is 2. The highest BCUT2D eigenvalue weighted by atomic mass is 32.2. The van der Waals surface area contributed by atoms with Crippen molar-refractivity contribution in [2.75, 3.05) is 37.6 Å². The summed E-state index contributed by atoms with van der Waals surface area (Å²) in [5.41, 5.74) is 5.03. The second-order valence-corrected chi connectivity index (χ2v) is 12.9. The van der Waals surface area contributed by atoms with Crippen LogP contribution in [-0.2, 0) is 27.8 Å². The number of aromatic nitrogens is 1. The van der Waals surface area contributed by atoms with Crippen molar-refractivity contribution in [3.8, 4) is 0 Å². The zero-order valence-corrected chi connectivity index (χ0v) is 22.0. The van der Waals surface area contributed by atoms with Gasteiger partial charge in [-0.05, 0) is 80.4 Å². The van der Waals surface area contributed by atoms with Crippen LogP contribution in [0.15, 0.2) is 35.2 Å². The number of carbonyl (C=O) groups excluding carboxylic acids is 1. The summed E-state index contributed by atoms with van der Waals surface area (Å²) in [5, 5.41) is 6.29. The van der Waals surface area contributed by atoms with E-state index >= 15 is 0 Å². The van der Waals surface area contributed by atoms with E-state index in [4.69, 9.17) is 14.9 Å². The smallest absolute Gasteiger partial charge is 0.338 e. The fourth-order valence-electron chi connectivity index (χ4n) is 5.98. The van der Waals surface area contributed by atoms with Gasteiger partial charge in [-0.25, -0.2) is 23.3 Å². The lowest BCUT2D eigenvalue weighted by molar-refractivity contribution is 0.0535. The molecule has 4 heterocycles. The highest BCUT2D eigenvalue weighted by Gasteiger charge is 2.41. The Morgan fingerprint density at radius 1 is 1.14 bits per heavy atom. The van der Waals surface area contributed by atoms with Crippen molar-refractivity contribution in [1.29, 1.82) is 0 Å². The second-order valence-electron chi connectivity index (χ2n) is 10.4. The SMILES string of the molecule is Cc1c(CCN2CCC3(CC2)CCN(c2nc4c(S(N)(=O)=O)cccc4s2)C3)ccc2c1COC2=O. The lowest BCUT2D eigenvalue weighted by Gasteiger charge is -2.39. The van der Waals surface area contributed by atoms with Crippen molar-refractivity contribution in [2.24, 2.45) is 10.6 Å². The summed E-state index contributed by atoms with van der Waals surface area (Å²) in [6.45, 7) is 7.58. The Hall–Kier alpha value is -2.53. The van der Waals surface area contributed by atoms with E-state index in [9.17, 15) is 13.2 Å². The zero-order valence-electron chi connectivity index (χ0n) is 20.3. The predicted molar refractivity (Wildman–Crippen MR) is 140 cm³/mol. The Kier molecular flexibility index (Phi) is 5.82. The number of sulfonamides is 1. The molecule has 1 aromatic heterocycles. The van der Waals surface area contributed by atoms with E-state index in [0.717, 1.165) is 79.4 Å². The molecular formula is C26H30N4O4S2. The minimum Gasteiger partial charge on any atom is -0.457 e. The van der Waals surface area contributed by atoms with Gasteiger partial charge in [0.1, 0.15) is 17.0 Å².